The molecule has 0 saturated heterocycles. The summed E-state index contributed by atoms with van der Waals surface area (Å²) in [7, 11) is 1.64. The first-order valence-electron chi connectivity index (χ1n) is 12.7. The van der Waals surface area contributed by atoms with Gasteiger partial charge in [0, 0.05) is 35.7 Å². The summed E-state index contributed by atoms with van der Waals surface area (Å²) in [5.41, 5.74) is 3.66. The monoisotopic (exact) mass is 531 g/mol. The summed E-state index contributed by atoms with van der Waals surface area (Å²) >= 11 is 1.34. The van der Waals surface area contributed by atoms with Crippen molar-refractivity contribution in [2.75, 3.05) is 42.8 Å². The van der Waals surface area contributed by atoms with Crippen LogP contribution in [0.3, 0.4) is 0 Å². The normalized spacial score (nSPS) is 10.7. The highest BCUT2D eigenvalue weighted by atomic mass is 32.2. The van der Waals surface area contributed by atoms with Crippen molar-refractivity contribution >= 4 is 29.0 Å². The maximum atomic E-state index is 12.8. The lowest BCUT2D eigenvalue weighted by molar-refractivity contribution is -0.113. The van der Waals surface area contributed by atoms with E-state index in [1.165, 1.54) is 11.8 Å². The van der Waals surface area contributed by atoms with Crippen LogP contribution in [-0.4, -0.2) is 53.2 Å². The van der Waals surface area contributed by atoms with Gasteiger partial charge in [0.2, 0.25) is 5.91 Å². The number of hydrogen-bond donors (Lipinski definition) is 1. The average Bonchev–Trinajstić information content (AvgIpc) is 3.38. The smallest absolute Gasteiger partial charge is 0.234 e. The minimum absolute atomic E-state index is 0.113. The molecule has 1 heterocycles. The lowest BCUT2D eigenvalue weighted by Gasteiger charge is -2.21. The number of rotatable bonds is 12. The van der Waals surface area contributed by atoms with Gasteiger partial charge in [-0.1, -0.05) is 11.8 Å². The van der Waals surface area contributed by atoms with E-state index in [4.69, 9.17) is 9.47 Å². The SMILES string of the molecule is CCOc1ccc(-n2c(SCC(=O)Nc3ccc(N(CC)CC)cc3)nnc2-c2ccc(OC)cc2)cc1. The van der Waals surface area contributed by atoms with Crippen molar-refractivity contribution in [3.8, 4) is 28.6 Å². The highest BCUT2D eigenvalue weighted by Gasteiger charge is 2.18. The summed E-state index contributed by atoms with van der Waals surface area (Å²) < 4.78 is 12.9. The fourth-order valence-corrected chi connectivity index (χ4v) is 4.80. The van der Waals surface area contributed by atoms with Gasteiger partial charge < -0.3 is 19.7 Å². The number of carbonyl (C=O) groups is 1. The molecule has 4 rings (SSSR count). The topological polar surface area (TPSA) is 81.5 Å². The Kier molecular flexibility index (Phi) is 9.26. The van der Waals surface area contributed by atoms with E-state index in [2.05, 4.69) is 34.3 Å². The van der Waals surface area contributed by atoms with Gasteiger partial charge in [0.25, 0.3) is 0 Å². The Bertz CT molecular complexity index is 1320. The Morgan fingerprint density at radius 3 is 2.16 bits per heavy atom. The third-order valence-corrected chi connectivity index (χ3v) is 6.93. The molecule has 198 valence electrons. The lowest BCUT2D eigenvalue weighted by Crippen LogP contribution is -2.21. The summed E-state index contributed by atoms with van der Waals surface area (Å²) in [6, 6.07) is 23.3. The van der Waals surface area contributed by atoms with Gasteiger partial charge in [0.1, 0.15) is 11.5 Å². The van der Waals surface area contributed by atoms with Crippen molar-refractivity contribution in [1.82, 2.24) is 14.8 Å². The summed E-state index contributed by atoms with van der Waals surface area (Å²) in [6.07, 6.45) is 0. The van der Waals surface area contributed by atoms with E-state index in [1.807, 2.05) is 84.3 Å². The zero-order valence-corrected chi connectivity index (χ0v) is 23.0. The number of nitrogens with zero attached hydrogens (tertiary/aromatic N) is 4. The van der Waals surface area contributed by atoms with Gasteiger partial charge in [-0.15, -0.1) is 10.2 Å². The summed E-state index contributed by atoms with van der Waals surface area (Å²) in [6.45, 7) is 8.68. The number of methoxy groups -OCH3 is 1. The number of aromatic nitrogens is 3. The summed E-state index contributed by atoms with van der Waals surface area (Å²) in [5, 5.41) is 12.5. The van der Waals surface area contributed by atoms with Crippen molar-refractivity contribution in [3.63, 3.8) is 0 Å². The Hall–Kier alpha value is -3.98. The van der Waals surface area contributed by atoms with Gasteiger partial charge in [0.15, 0.2) is 11.0 Å². The van der Waals surface area contributed by atoms with Crippen LogP contribution in [0, 0.1) is 0 Å². The number of nitrogens with one attached hydrogen (secondary N) is 1. The van der Waals surface area contributed by atoms with Crippen molar-refractivity contribution < 1.29 is 14.3 Å². The van der Waals surface area contributed by atoms with Crippen LogP contribution in [0.25, 0.3) is 17.1 Å². The Morgan fingerprint density at radius 2 is 1.55 bits per heavy atom. The molecule has 38 heavy (non-hydrogen) atoms. The number of thioether (sulfide) groups is 1. The second-order valence-corrected chi connectivity index (χ2v) is 9.30. The molecular weight excluding hydrogens is 498 g/mol. The summed E-state index contributed by atoms with van der Waals surface area (Å²) in [5.74, 6) is 2.30. The van der Waals surface area contributed by atoms with Crippen LogP contribution in [0.15, 0.2) is 78.0 Å². The third kappa shape index (κ3) is 6.47. The molecule has 0 atom stereocenters. The minimum atomic E-state index is -0.113. The zero-order chi connectivity index (χ0) is 26.9. The summed E-state index contributed by atoms with van der Waals surface area (Å²) in [4.78, 5) is 15.1. The van der Waals surface area contributed by atoms with Crippen molar-refractivity contribution in [3.05, 3.63) is 72.8 Å². The number of hydrogen-bond acceptors (Lipinski definition) is 7. The van der Waals surface area contributed by atoms with Gasteiger partial charge in [0.05, 0.1) is 19.5 Å². The maximum absolute atomic E-state index is 12.8. The predicted molar refractivity (Wildman–Crippen MR) is 154 cm³/mol. The standard InChI is InChI=1S/C29H33N5O3S/c1-5-33(6-2)23-12-10-22(11-13-23)30-27(35)20-38-29-32-31-28(21-8-16-25(36-4)17-9-21)34(29)24-14-18-26(19-15-24)37-7-3/h8-19H,5-7,20H2,1-4H3,(H,30,35). The van der Waals surface area contributed by atoms with Crippen molar-refractivity contribution in [2.24, 2.45) is 0 Å². The van der Waals surface area contributed by atoms with Crippen LogP contribution >= 0.6 is 11.8 Å². The molecule has 0 saturated carbocycles. The molecule has 0 fully saturated rings. The average molecular weight is 532 g/mol. The maximum Gasteiger partial charge on any atom is 0.234 e. The number of ether oxygens (including phenoxy) is 2. The quantitative estimate of drug-likeness (QED) is 0.227. The highest BCUT2D eigenvalue weighted by molar-refractivity contribution is 7.99. The molecule has 4 aromatic rings. The van der Waals surface area contributed by atoms with E-state index in [-0.39, 0.29) is 11.7 Å². The molecule has 1 N–H and O–H groups in total. The van der Waals surface area contributed by atoms with E-state index in [9.17, 15) is 4.79 Å². The molecule has 1 amide bonds. The van der Waals surface area contributed by atoms with E-state index < -0.39 is 0 Å². The molecule has 9 heteroatoms. The van der Waals surface area contributed by atoms with E-state index in [0.29, 0.717) is 17.6 Å². The van der Waals surface area contributed by atoms with Crippen LogP contribution in [0.1, 0.15) is 20.8 Å². The van der Waals surface area contributed by atoms with Crippen molar-refractivity contribution in [2.45, 2.75) is 25.9 Å². The molecule has 0 aliphatic heterocycles. The fourth-order valence-electron chi connectivity index (χ4n) is 4.05. The van der Waals surface area contributed by atoms with Gasteiger partial charge in [-0.25, -0.2) is 0 Å². The molecule has 8 nitrogen and oxygen atoms in total. The Morgan fingerprint density at radius 1 is 0.895 bits per heavy atom. The van der Waals surface area contributed by atoms with Gasteiger partial charge in [-0.2, -0.15) is 0 Å². The molecule has 0 radical (unpaired) electrons. The molecule has 0 aliphatic rings. The zero-order valence-electron chi connectivity index (χ0n) is 22.2. The first kappa shape index (κ1) is 27.1. The number of benzene rings is 3. The number of amides is 1. The van der Waals surface area contributed by atoms with Gasteiger partial charge in [-0.05, 0) is 93.6 Å². The molecule has 1 aromatic heterocycles. The van der Waals surface area contributed by atoms with Crippen LogP contribution in [0.2, 0.25) is 0 Å². The third-order valence-electron chi connectivity index (χ3n) is 6.00. The lowest BCUT2D eigenvalue weighted by atomic mass is 10.2. The van der Waals surface area contributed by atoms with E-state index >= 15 is 0 Å². The molecule has 0 unspecified atom stereocenters. The molecule has 3 aromatic carbocycles. The molecule has 0 bridgehead atoms. The van der Waals surface area contributed by atoms with Crippen LogP contribution in [-0.2, 0) is 4.79 Å². The number of anilines is 2. The van der Waals surface area contributed by atoms with E-state index in [1.54, 1.807) is 7.11 Å². The van der Waals surface area contributed by atoms with Gasteiger partial charge >= 0.3 is 0 Å². The fraction of sp³-hybridized carbons (Fsp3) is 0.276. The largest absolute Gasteiger partial charge is 0.497 e. The highest BCUT2D eigenvalue weighted by Crippen LogP contribution is 2.30. The first-order chi connectivity index (χ1) is 18.6. The Balaban J connectivity index is 1.53. The van der Waals surface area contributed by atoms with Gasteiger partial charge in [-0.3, -0.25) is 9.36 Å². The Labute approximate surface area is 228 Å². The molecule has 0 spiro atoms. The number of carbonyl (C=O) groups excluding carboxylic acids is 1. The van der Waals surface area contributed by atoms with E-state index in [0.717, 1.165) is 47.2 Å². The first-order valence-corrected chi connectivity index (χ1v) is 13.7. The predicted octanol–water partition coefficient (Wildman–Crippen LogP) is 5.92. The molecular formula is C29H33N5O3S. The van der Waals surface area contributed by atoms with Crippen LogP contribution in [0.5, 0.6) is 11.5 Å². The molecule has 0 aliphatic carbocycles. The second-order valence-electron chi connectivity index (χ2n) is 8.35. The van der Waals surface area contributed by atoms with Crippen LogP contribution in [0.4, 0.5) is 11.4 Å². The van der Waals surface area contributed by atoms with Crippen LogP contribution < -0.4 is 19.7 Å². The van der Waals surface area contributed by atoms with Crippen molar-refractivity contribution in [1.29, 1.82) is 0 Å². The second kappa shape index (κ2) is 13.0. The minimum Gasteiger partial charge on any atom is -0.497 e.